The Morgan fingerprint density at radius 2 is 1.76 bits per heavy atom. The summed E-state index contributed by atoms with van der Waals surface area (Å²) < 4.78 is 32.6. The lowest BCUT2D eigenvalue weighted by atomic mass is 10.2. The Hall–Kier alpha value is -2.21. The van der Waals surface area contributed by atoms with Crippen molar-refractivity contribution in [1.82, 2.24) is 0 Å². The zero-order valence-corrected chi connectivity index (χ0v) is 13.0. The van der Waals surface area contributed by atoms with Crippen LogP contribution in [0.2, 0.25) is 0 Å². The van der Waals surface area contributed by atoms with Crippen molar-refractivity contribution in [1.29, 1.82) is 0 Å². The van der Waals surface area contributed by atoms with E-state index in [0.717, 1.165) is 5.56 Å². The van der Waals surface area contributed by atoms with Crippen molar-refractivity contribution in [3.63, 3.8) is 0 Å². The van der Waals surface area contributed by atoms with Gasteiger partial charge in [0.2, 0.25) is 0 Å². The molecule has 0 fully saturated rings. The van der Waals surface area contributed by atoms with Crippen LogP contribution in [-0.2, 0) is 10.0 Å². The van der Waals surface area contributed by atoms with Crippen LogP contribution in [0.1, 0.15) is 11.1 Å². The van der Waals surface area contributed by atoms with Gasteiger partial charge >= 0.3 is 0 Å². The molecule has 0 saturated carbocycles. The van der Waals surface area contributed by atoms with Crippen molar-refractivity contribution < 1.29 is 13.2 Å². The molecule has 0 aliphatic carbocycles. The van der Waals surface area contributed by atoms with E-state index in [1.807, 2.05) is 6.92 Å². The summed E-state index contributed by atoms with van der Waals surface area (Å²) >= 11 is 0. The normalized spacial score (nSPS) is 11.2. The van der Waals surface area contributed by atoms with Crippen LogP contribution >= 0.6 is 0 Å². The average molecular weight is 306 g/mol. The molecule has 112 valence electrons. The molecule has 0 radical (unpaired) electrons. The summed E-state index contributed by atoms with van der Waals surface area (Å²) in [7, 11) is -2.08. The SMILES string of the molecule is COc1ccc(NS(=O)(=O)c2ccc(N)cc2C)c(C)c1. The largest absolute Gasteiger partial charge is 0.497 e. The van der Waals surface area contributed by atoms with E-state index in [0.29, 0.717) is 22.7 Å². The van der Waals surface area contributed by atoms with Gasteiger partial charge in [0, 0.05) is 5.69 Å². The predicted molar refractivity (Wildman–Crippen MR) is 84.1 cm³/mol. The summed E-state index contributed by atoms with van der Waals surface area (Å²) in [6.07, 6.45) is 0. The number of nitrogens with two attached hydrogens (primary N) is 1. The van der Waals surface area contributed by atoms with E-state index in [1.54, 1.807) is 44.4 Å². The number of anilines is 2. The lowest BCUT2D eigenvalue weighted by molar-refractivity contribution is 0.414. The molecular formula is C15H18N2O3S. The molecule has 0 amide bonds. The Morgan fingerprint density at radius 3 is 2.33 bits per heavy atom. The van der Waals surface area contributed by atoms with E-state index < -0.39 is 10.0 Å². The van der Waals surface area contributed by atoms with Crippen molar-refractivity contribution in [2.45, 2.75) is 18.7 Å². The minimum atomic E-state index is -3.65. The monoisotopic (exact) mass is 306 g/mol. The predicted octanol–water partition coefficient (Wildman–Crippen LogP) is 2.70. The standard InChI is InChI=1S/C15H18N2O3S/c1-10-9-13(20-3)5-6-14(10)17-21(18,19)15-7-4-12(16)8-11(15)2/h4-9,17H,16H2,1-3H3. The van der Waals surface area contributed by atoms with Gasteiger partial charge in [0.1, 0.15) is 5.75 Å². The molecular weight excluding hydrogens is 288 g/mol. The minimum absolute atomic E-state index is 0.215. The summed E-state index contributed by atoms with van der Waals surface area (Å²) in [5.74, 6) is 0.680. The quantitative estimate of drug-likeness (QED) is 0.851. The van der Waals surface area contributed by atoms with Crippen LogP contribution in [0.15, 0.2) is 41.3 Å². The third-order valence-corrected chi connectivity index (χ3v) is 4.69. The molecule has 0 aromatic heterocycles. The first-order chi connectivity index (χ1) is 9.83. The number of hydrogen-bond donors (Lipinski definition) is 2. The lowest BCUT2D eigenvalue weighted by Gasteiger charge is -2.13. The van der Waals surface area contributed by atoms with Gasteiger partial charge in [0.25, 0.3) is 10.0 Å². The number of ether oxygens (including phenoxy) is 1. The van der Waals surface area contributed by atoms with Crippen molar-refractivity contribution in [2.24, 2.45) is 0 Å². The number of rotatable bonds is 4. The number of hydrogen-bond acceptors (Lipinski definition) is 4. The molecule has 2 aromatic rings. The molecule has 5 nitrogen and oxygen atoms in total. The van der Waals surface area contributed by atoms with Gasteiger partial charge in [-0.15, -0.1) is 0 Å². The highest BCUT2D eigenvalue weighted by molar-refractivity contribution is 7.92. The molecule has 0 atom stereocenters. The Bertz CT molecular complexity index is 770. The molecule has 0 bridgehead atoms. The Morgan fingerprint density at radius 1 is 1.05 bits per heavy atom. The van der Waals surface area contributed by atoms with Gasteiger partial charge in [-0.05, 0) is 61.4 Å². The van der Waals surface area contributed by atoms with E-state index in [2.05, 4.69) is 4.72 Å². The van der Waals surface area contributed by atoms with Gasteiger partial charge in [-0.1, -0.05) is 0 Å². The van der Waals surface area contributed by atoms with Gasteiger partial charge in [-0.25, -0.2) is 8.42 Å². The zero-order chi connectivity index (χ0) is 15.6. The van der Waals surface area contributed by atoms with Crippen LogP contribution < -0.4 is 15.2 Å². The van der Waals surface area contributed by atoms with Crippen molar-refractivity contribution in [3.8, 4) is 5.75 Å². The van der Waals surface area contributed by atoms with Crippen LogP contribution in [0.5, 0.6) is 5.75 Å². The molecule has 0 spiro atoms. The third-order valence-electron chi connectivity index (χ3n) is 3.17. The van der Waals surface area contributed by atoms with Crippen molar-refractivity contribution in [3.05, 3.63) is 47.5 Å². The molecule has 2 rings (SSSR count). The molecule has 0 aliphatic rings. The highest BCUT2D eigenvalue weighted by Crippen LogP contribution is 2.25. The van der Waals surface area contributed by atoms with Gasteiger partial charge in [0.15, 0.2) is 0 Å². The van der Waals surface area contributed by atoms with Gasteiger partial charge in [-0.2, -0.15) is 0 Å². The molecule has 0 unspecified atom stereocenters. The fraction of sp³-hybridized carbons (Fsp3) is 0.200. The number of benzene rings is 2. The second-order valence-corrected chi connectivity index (χ2v) is 6.46. The maximum Gasteiger partial charge on any atom is 0.262 e. The van der Waals surface area contributed by atoms with E-state index in [9.17, 15) is 8.42 Å². The molecule has 21 heavy (non-hydrogen) atoms. The number of aryl methyl sites for hydroxylation is 2. The highest BCUT2D eigenvalue weighted by atomic mass is 32.2. The first kappa shape index (κ1) is 15.2. The zero-order valence-electron chi connectivity index (χ0n) is 12.2. The fourth-order valence-corrected chi connectivity index (χ4v) is 3.41. The molecule has 0 saturated heterocycles. The Balaban J connectivity index is 2.37. The smallest absolute Gasteiger partial charge is 0.262 e. The summed E-state index contributed by atoms with van der Waals surface area (Å²) in [4.78, 5) is 0.215. The number of nitrogens with one attached hydrogen (secondary N) is 1. The average Bonchev–Trinajstić information content (AvgIpc) is 2.40. The topological polar surface area (TPSA) is 81.4 Å². The van der Waals surface area contributed by atoms with Crippen LogP contribution in [0.4, 0.5) is 11.4 Å². The molecule has 2 aromatic carbocycles. The van der Waals surface area contributed by atoms with Gasteiger partial charge in [-0.3, -0.25) is 4.72 Å². The minimum Gasteiger partial charge on any atom is -0.497 e. The number of sulfonamides is 1. The second-order valence-electron chi connectivity index (χ2n) is 4.81. The molecule has 0 heterocycles. The molecule has 6 heteroatoms. The summed E-state index contributed by atoms with van der Waals surface area (Å²) in [6.45, 7) is 3.53. The summed E-state index contributed by atoms with van der Waals surface area (Å²) in [5, 5.41) is 0. The van der Waals surface area contributed by atoms with Crippen LogP contribution in [-0.4, -0.2) is 15.5 Å². The van der Waals surface area contributed by atoms with Crippen molar-refractivity contribution in [2.75, 3.05) is 17.6 Å². The Kier molecular flexibility index (Phi) is 4.09. The first-order valence-corrected chi connectivity index (χ1v) is 7.85. The van der Waals surface area contributed by atoms with Crippen LogP contribution in [0.3, 0.4) is 0 Å². The second kappa shape index (κ2) is 5.65. The van der Waals surface area contributed by atoms with E-state index in [1.165, 1.54) is 6.07 Å². The van der Waals surface area contributed by atoms with E-state index in [4.69, 9.17) is 10.5 Å². The Labute approximate surface area is 124 Å². The highest BCUT2D eigenvalue weighted by Gasteiger charge is 2.18. The number of methoxy groups -OCH3 is 1. The maximum absolute atomic E-state index is 12.5. The fourth-order valence-electron chi connectivity index (χ4n) is 2.05. The van der Waals surface area contributed by atoms with E-state index in [-0.39, 0.29) is 4.90 Å². The van der Waals surface area contributed by atoms with Gasteiger partial charge in [0.05, 0.1) is 17.7 Å². The molecule has 3 N–H and O–H groups in total. The van der Waals surface area contributed by atoms with Crippen LogP contribution in [0, 0.1) is 13.8 Å². The maximum atomic E-state index is 12.5. The lowest BCUT2D eigenvalue weighted by Crippen LogP contribution is -2.15. The molecule has 0 aliphatic heterocycles. The third kappa shape index (κ3) is 3.28. The van der Waals surface area contributed by atoms with Crippen LogP contribution in [0.25, 0.3) is 0 Å². The summed E-state index contributed by atoms with van der Waals surface area (Å²) in [5.41, 5.74) is 8.09. The van der Waals surface area contributed by atoms with Crippen molar-refractivity contribution >= 4 is 21.4 Å². The van der Waals surface area contributed by atoms with E-state index >= 15 is 0 Å². The first-order valence-electron chi connectivity index (χ1n) is 6.37. The van der Waals surface area contributed by atoms with Gasteiger partial charge < -0.3 is 10.5 Å². The number of nitrogen functional groups attached to an aromatic ring is 1. The summed E-state index contributed by atoms with van der Waals surface area (Å²) in [6, 6.07) is 9.87.